The van der Waals surface area contributed by atoms with E-state index in [4.69, 9.17) is 0 Å². The third-order valence-corrected chi connectivity index (χ3v) is 2.68. The molecule has 0 spiro atoms. The Balaban J connectivity index is 2.83. The number of hydrogen-bond acceptors (Lipinski definition) is 2. The standard InChI is InChI=1S/C11H6F3NOSe/c12-11(13,14)7-5-9(10(16)17)15-8-4-2-1-3-6(7)8/h1-5H,(H,16,17). The van der Waals surface area contributed by atoms with E-state index in [0.717, 1.165) is 6.07 Å². The minimum atomic E-state index is -4.48. The van der Waals surface area contributed by atoms with Crippen LogP contribution in [-0.2, 0) is 6.18 Å². The normalized spacial score (nSPS) is 11.7. The van der Waals surface area contributed by atoms with Gasteiger partial charge in [0.15, 0.2) is 0 Å². The van der Waals surface area contributed by atoms with Crippen molar-refractivity contribution in [3.8, 4) is 0 Å². The van der Waals surface area contributed by atoms with Crippen LogP contribution < -0.4 is 0 Å². The molecule has 1 N–H and O–H groups in total. The Morgan fingerprint density at radius 3 is 2.47 bits per heavy atom. The summed E-state index contributed by atoms with van der Waals surface area (Å²) in [6.45, 7) is 0. The quantitative estimate of drug-likeness (QED) is 0.820. The molecule has 0 saturated heterocycles. The van der Waals surface area contributed by atoms with E-state index in [-0.39, 0.29) is 21.2 Å². The van der Waals surface area contributed by atoms with E-state index in [1.165, 1.54) is 18.2 Å². The molecular weight excluding hydrogens is 298 g/mol. The second kappa shape index (κ2) is 4.13. The van der Waals surface area contributed by atoms with Gasteiger partial charge in [0.1, 0.15) is 0 Å². The predicted molar refractivity (Wildman–Crippen MR) is 58.5 cm³/mol. The summed E-state index contributed by atoms with van der Waals surface area (Å²) >= 11 is 2.24. The van der Waals surface area contributed by atoms with E-state index in [0.29, 0.717) is 0 Å². The van der Waals surface area contributed by atoms with Crippen LogP contribution in [0.4, 0.5) is 13.2 Å². The van der Waals surface area contributed by atoms with Gasteiger partial charge in [-0.1, -0.05) is 0 Å². The fourth-order valence-electron chi connectivity index (χ4n) is 1.52. The van der Waals surface area contributed by atoms with Crippen LogP contribution in [0.25, 0.3) is 10.9 Å². The Kier molecular flexibility index (Phi) is 2.93. The first kappa shape index (κ1) is 12.1. The van der Waals surface area contributed by atoms with Crippen molar-refractivity contribution in [1.29, 1.82) is 0 Å². The summed E-state index contributed by atoms with van der Waals surface area (Å²) in [4.78, 5) is 3.93. The summed E-state index contributed by atoms with van der Waals surface area (Å²) < 4.78 is 38.1. The maximum absolute atomic E-state index is 12.8. The first-order chi connectivity index (χ1) is 7.89. The van der Waals surface area contributed by atoms with E-state index in [2.05, 4.69) is 20.6 Å². The molecule has 0 radical (unpaired) electrons. The molecule has 88 valence electrons. The molecule has 1 aromatic heterocycles. The van der Waals surface area contributed by atoms with Crippen molar-refractivity contribution in [2.75, 3.05) is 0 Å². The minimum absolute atomic E-state index is 0.0185. The number of aromatic nitrogens is 1. The van der Waals surface area contributed by atoms with Crippen LogP contribution in [0.2, 0.25) is 0 Å². The molecule has 17 heavy (non-hydrogen) atoms. The maximum atomic E-state index is 12.8. The fraction of sp³-hybridized carbons (Fsp3) is 0.0909. The summed E-state index contributed by atoms with van der Waals surface area (Å²) in [6.07, 6.45) is -4.48. The van der Waals surface area contributed by atoms with Gasteiger partial charge in [0.05, 0.1) is 0 Å². The average molecular weight is 304 g/mol. The van der Waals surface area contributed by atoms with Crippen LogP contribution in [0.1, 0.15) is 11.3 Å². The van der Waals surface area contributed by atoms with Crippen molar-refractivity contribution in [2.45, 2.75) is 6.18 Å². The average Bonchev–Trinajstić information content (AvgIpc) is 2.26. The van der Waals surface area contributed by atoms with Gasteiger partial charge in [0, 0.05) is 0 Å². The van der Waals surface area contributed by atoms with Gasteiger partial charge in [-0.05, 0) is 0 Å². The van der Waals surface area contributed by atoms with Crippen molar-refractivity contribution in [3.63, 3.8) is 0 Å². The Hall–Kier alpha value is -1.39. The SMILES string of the molecule is OC(=[Se])c1cc(C(F)(F)F)c2ccccc2n1. The van der Waals surface area contributed by atoms with E-state index >= 15 is 0 Å². The zero-order valence-electron chi connectivity index (χ0n) is 8.32. The van der Waals surface area contributed by atoms with E-state index in [1.54, 1.807) is 6.07 Å². The van der Waals surface area contributed by atoms with E-state index in [9.17, 15) is 18.3 Å². The van der Waals surface area contributed by atoms with Gasteiger partial charge in [-0.3, -0.25) is 0 Å². The first-order valence-corrected chi connectivity index (χ1v) is 5.45. The molecule has 2 aromatic rings. The molecule has 0 fully saturated rings. The van der Waals surface area contributed by atoms with E-state index in [1.807, 2.05) is 0 Å². The number of pyridine rings is 1. The number of rotatable bonds is 1. The number of aliphatic hydroxyl groups is 1. The first-order valence-electron chi connectivity index (χ1n) is 4.60. The molecule has 0 atom stereocenters. The molecule has 0 aliphatic rings. The molecule has 0 amide bonds. The molecule has 1 heterocycles. The number of hydrogen-bond donors (Lipinski definition) is 1. The van der Waals surface area contributed by atoms with Crippen molar-refractivity contribution in [1.82, 2.24) is 4.98 Å². The number of fused-ring (bicyclic) bond motifs is 1. The third-order valence-electron chi connectivity index (χ3n) is 2.24. The Morgan fingerprint density at radius 2 is 1.88 bits per heavy atom. The molecule has 2 rings (SSSR count). The predicted octanol–water partition coefficient (Wildman–Crippen LogP) is 2.27. The number of para-hydroxylation sites is 1. The second-order valence-electron chi connectivity index (χ2n) is 3.38. The van der Waals surface area contributed by atoms with Gasteiger partial charge in [0.2, 0.25) is 0 Å². The van der Waals surface area contributed by atoms with Gasteiger partial charge in [-0.2, -0.15) is 0 Å². The summed E-state index contributed by atoms with van der Waals surface area (Å²) in [6, 6.07) is 6.76. The second-order valence-corrected chi connectivity index (χ2v) is 4.19. The number of benzene rings is 1. The van der Waals surface area contributed by atoms with Gasteiger partial charge in [-0.15, -0.1) is 0 Å². The van der Waals surface area contributed by atoms with Gasteiger partial charge < -0.3 is 0 Å². The zero-order chi connectivity index (χ0) is 12.6. The monoisotopic (exact) mass is 305 g/mol. The molecule has 2 nitrogen and oxygen atoms in total. The fourth-order valence-corrected chi connectivity index (χ4v) is 1.74. The van der Waals surface area contributed by atoms with Crippen LogP contribution in [0.5, 0.6) is 0 Å². The van der Waals surface area contributed by atoms with Crippen LogP contribution in [0.15, 0.2) is 30.3 Å². The van der Waals surface area contributed by atoms with E-state index < -0.39 is 11.7 Å². The van der Waals surface area contributed by atoms with Crippen LogP contribution >= 0.6 is 0 Å². The topological polar surface area (TPSA) is 33.1 Å². The molecule has 6 heteroatoms. The number of nitrogens with zero attached hydrogens (tertiary/aromatic N) is 1. The molecule has 0 saturated carbocycles. The Morgan fingerprint density at radius 1 is 1.24 bits per heavy atom. The molecular formula is C11H6F3NOSe. The van der Waals surface area contributed by atoms with Crippen LogP contribution in [0, 0.1) is 0 Å². The van der Waals surface area contributed by atoms with Crippen molar-refractivity contribution >= 4 is 31.1 Å². The summed E-state index contributed by atoms with van der Waals surface area (Å²) in [7, 11) is 0. The van der Waals surface area contributed by atoms with Gasteiger partial charge in [0.25, 0.3) is 0 Å². The number of aliphatic hydroxyl groups excluding tert-OH is 1. The van der Waals surface area contributed by atoms with Gasteiger partial charge in [-0.25, -0.2) is 0 Å². The molecule has 0 aliphatic heterocycles. The summed E-state index contributed by atoms with van der Waals surface area (Å²) in [5, 5.41) is 9.22. The molecule has 0 bridgehead atoms. The molecule has 0 aliphatic carbocycles. The van der Waals surface area contributed by atoms with Crippen molar-refractivity contribution in [3.05, 3.63) is 41.6 Å². The van der Waals surface area contributed by atoms with Gasteiger partial charge >= 0.3 is 102 Å². The van der Waals surface area contributed by atoms with Crippen LogP contribution in [-0.4, -0.2) is 30.3 Å². The number of alkyl halides is 3. The Labute approximate surface area is 102 Å². The summed E-state index contributed by atoms with van der Waals surface area (Å²) in [5.74, 6) is 0. The third kappa shape index (κ3) is 2.32. The van der Waals surface area contributed by atoms with Crippen LogP contribution in [0.3, 0.4) is 0 Å². The molecule has 1 aromatic carbocycles. The van der Waals surface area contributed by atoms with Crippen molar-refractivity contribution < 1.29 is 18.3 Å². The summed E-state index contributed by atoms with van der Waals surface area (Å²) in [5.41, 5.74) is -0.727. The van der Waals surface area contributed by atoms with Crippen molar-refractivity contribution in [2.24, 2.45) is 0 Å². The Bertz CT molecular complexity index is 595. The number of halogens is 3. The zero-order valence-corrected chi connectivity index (χ0v) is 10.0. The molecule has 0 unspecified atom stereocenters.